The maximum Gasteiger partial charge on any atom is 0.223 e. The lowest BCUT2D eigenvalue weighted by Crippen LogP contribution is -2.42. The van der Waals surface area contributed by atoms with Gasteiger partial charge in [0.1, 0.15) is 24.3 Å². The van der Waals surface area contributed by atoms with Gasteiger partial charge >= 0.3 is 0 Å². The van der Waals surface area contributed by atoms with Crippen molar-refractivity contribution in [3.8, 4) is 5.75 Å². The standard InChI is InChI=1S/C26H33N3O3/c1-17-10-11-23(18(2)12-17)32-16-20(30)15-28-22-9-7-6-8-21(22)27-25(28)19-13-24(31)29(14-19)26(3,4)5/h6-12,19-20,30H,13-16H2,1-5H3/t19-,20-/m1/s1. The van der Waals surface area contributed by atoms with Gasteiger partial charge in [-0.1, -0.05) is 29.8 Å². The highest BCUT2D eigenvalue weighted by Crippen LogP contribution is 2.34. The molecule has 1 fully saturated rings. The summed E-state index contributed by atoms with van der Waals surface area (Å²) in [6.07, 6.45) is -0.265. The Morgan fingerprint density at radius 2 is 1.94 bits per heavy atom. The van der Waals surface area contributed by atoms with Gasteiger partial charge in [-0.2, -0.15) is 0 Å². The maximum absolute atomic E-state index is 12.7. The number of carbonyl (C=O) groups excluding carboxylic acids is 1. The fourth-order valence-corrected chi connectivity index (χ4v) is 4.54. The number of benzene rings is 2. The first kappa shape index (κ1) is 22.3. The van der Waals surface area contributed by atoms with E-state index in [0.29, 0.717) is 19.5 Å². The number of para-hydroxylation sites is 2. The van der Waals surface area contributed by atoms with Crippen LogP contribution in [-0.4, -0.2) is 50.3 Å². The molecule has 1 N–H and O–H groups in total. The Balaban J connectivity index is 1.56. The van der Waals surface area contributed by atoms with E-state index in [9.17, 15) is 9.90 Å². The van der Waals surface area contributed by atoms with Crippen LogP contribution in [0.1, 0.15) is 50.1 Å². The number of aliphatic hydroxyl groups excluding tert-OH is 1. The summed E-state index contributed by atoms with van der Waals surface area (Å²) in [5.74, 6) is 1.80. The van der Waals surface area contributed by atoms with Crippen molar-refractivity contribution in [1.82, 2.24) is 14.5 Å². The molecule has 2 atom stereocenters. The summed E-state index contributed by atoms with van der Waals surface area (Å²) >= 11 is 0. The Kier molecular flexibility index (Phi) is 5.99. The number of fused-ring (bicyclic) bond motifs is 1. The minimum absolute atomic E-state index is 0.00147. The van der Waals surface area contributed by atoms with E-state index in [1.165, 1.54) is 5.56 Å². The topological polar surface area (TPSA) is 67.6 Å². The second-order valence-corrected chi connectivity index (χ2v) is 9.88. The molecule has 0 radical (unpaired) electrons. The van der Waals surface area contributed by atoms with Crippen molar-refractivity contribution in [1.29, 1.82) is 0 Å². The number of amides is 1. The number of hydrogen-bond acceptors (Lipinski definition) is 4. The molecule has 1 saturated heterocycles. The molecule has 0 unspecified atom stereocenters. The molecule has 170 valence electrons. The summed E-state index contributed by atoms with van der Waals surface area (Å²) in [5.41, 5.74) is 3.86. The average Bonchev–Trinajstić information content (AvgIpc) is 3.28. The van der Waals surface area contributed by atoms with Crippen LogP contribution in [0.15, 0.2) is 42.5 Å². The number of likely N-dealkylation sites (tertiary alicyclic amines) is 1. The fraction of sp³-hybridized carbons (Fsp3) is 0.462. The molecule has 6 heteroatoms. The Morgan fingerprint density at radius 3 is 2.62 bits per heavy atom. The first-order valence-electron chi connectivity index (χ1n) is 11.3. The minimum atomic E-state index is -0.706. The van der Waals surface area contributed by atoms with Gasteiger partial charge in [0.25, 0.3) is 0 Å². The highest BCUT2D eigenvalue weighted by Gasteiger charge is 2.39. The highest BCUT2D eigenvalue weighted by molar-refractivity contribution is 5.81. The number of nitrogens with zero attached hydrogens (tertiary/aromatic N) is 3. The van der Waals surface area contributed by atoms with E-state index in [-0.39, 0.29) is 24.0 Å². The SMILES string of the molecule is Cc1ccc(OC[C@H](O)Cn2c([C@@H]3CC(=O)N(C(C)(C)C)C3)nc3ccccc32)c(C)c1. The van der Waals surface area contributed by atoms with Crippen LogP contribution >= 0.6 is 0 Å². The predicted molar refractivity (Wildman–Crippen MR) is 126 cm³/mol. The Bertz CT molecular complexity index is 1130. The van der Waals surface area contributed by atoms with Crippen LogP contribution < -0.4 is 4.74 Å². The van der Waals surface area contributed by atoms with Crippen LogP contribution in [-0.2, 0) is 11.3 Å². The molecule has 2 aromatic carbocycles. The van der Waals surface area contributed by atoms with Crippen molar-refractivity contribution >= 4 is 16.9 Å². The summed E-state index contributed by atoms with van der Waals surface area (Å²) in [5, 5.41) is 10.8. The van der Waals surface area contributed by atoms with Crippen molar-refractivity contribution in [3.05, 3.63) is 59.4 Å². The molecular formula is C26H33N3O3. The van der Waals surface area contributed by atoms with E-state index in [2.05, 4.69) is 31.4 Å². The quantitative estimate of drug-likeness (QED) is 0.630. The molecule has 0 aliphatic carbocycles. The largest absolute Gasteiger partial charge is 0.491 e. The van der Waals surface area contributed by atoms with Gasteiger partial charge in [-0.25, -0.2) is 4.98 Å². The van der Waals surface area contributed by atoms with Crippen LogP contribution in [0.4, 0.5) is 0 Å². The molecule has 6 nitrogen and oxygen atoms in total. The molecule has 0 saturated carbocycles. The van der Waals surface area contributed by atoms with Crippen molar-refractivity contribution in [3.63, 3.8) is 0 Å². The number of aromatic nitrogens is 2. The van der Waals surface area contributed by atoms with Gasteiger partial charge in [-0.3, -0.25) is 4.79 Å². The van der Waals surface area contributed by atoms with Gasteiger partial charge in [0.05, 0.1) is 17.6 Å². The molecule has 1 aliphatic rings. The molecular weight excluding hydrogens is 402 g/mol. The lowest BCUT2D eigenvalue weighted by atomic mass is 10.1. The van der Waals surface area contributed by atoms with Gasteiger partial charge in [0.15, 0.2) is 0 Å². The molecule has 1 aliphatic heterocycles. The van der Waals surface area contributed by atoms with E-state index in [1.807, 2.05) is 55.1 Å². The van der Waals surface area contributed by atoms with Gasteiger partial charge in [-0.15, -0.1) is 0 Å². The summed E-state index contributed by atoms with van der Waals surface area (Å²) in [6, 6.07) is 14.0. The van der Waals surface area contributed by atoms with Gasteiger partial charge < -0.3 is 19.3 Å². The third-order valence-electron chi connectivity index (χ3n) is 6.14. The first-order valence-corrected chi connectivity index (χ1v) is 11.3. The summed E-state index contributed by atoms with van der Waals surface area (Å²) in [6.45, 7) is 11.4. The van der Waals surface area contributed by atoms with Crippen molar-refractivity contribution in [2.45, 2.75) is 65.1 Å². The molecule has 1 amide bonds. The van der Waals surface area contributed by atoms with E-state index in [0.717, 1.165) is 28.2 Å². The number of aryl methyl sites for hydroxylation is 2. The molecule has 0 spiro atoms. The van der Waals surface area contributed by atoms with Crippen LogP contribution in [0, 0.1) is 13.8 Å². The molecule has 2 heterocycles. The van der Waals surface area contributed by atoms with Crippen LogP contribution in [0.3, 0.4) is 0 Å². The van der Waals surface area contributed by atoms with E-state index >= 15 is 0 Å². The summed E-state index contributed by atoms with van der Waals surface area (Å²) in [7, 11) is 0. The Hall–Kier alpha value is -2.86. The Labute approximate surface area is 189 Å². The monoisotopic (exact) mass is 435 g/mol. The predicted octanol–water partition coefficient (Wildman–Crippen LogP) is 4.21. The second-order valence-electron chi connectivity index (χ2n) is 9.88. The smallest absolute Gasteiger partial charge is 0.223 e. The van der Waals surface area contributed by atoms with Gasteiger partial charge in [0.2, 0.25) is 5.91 Å². The molecule has 32 heavy (non-hydrogen) atoms. The highest BCUT2D eigenvalue weighted by atomic mass is 16.5. The zero-order valence-corrected chi connectivity index (χ0v) is 19.6. The van der Waals surface area contributed by atoms with Crippen molar-refractivity contribution in [2.24, 2.45) is 0 Å². The lowest BCUT2D eigenvalue weighted by molar-refractivity contribution is -0.131. The van der Waals surface area contributed by atoms with Crippen LogP contribution in [0.2, 0.25) is 0 Å². The van der Waals surface area contributed by atoms with Crippen molar-refractivity contribution < 1.29 is 14.6 Å². The Morgan fingerprint density at radius 1 is 1.19 bits per heavy atom. The molecule has 3 aromatic rings. The summed E-state index contributed by atoms with van der Waals surface area (Å²) in [4.78, 5) is 19.5. The number of rotatable bonds is 6. The third-order valence-corrected chi connectivity index (χ3v) is 6.14. The van der Waals surface area contributed by atoms with Gasteiger partial charge in [-0.05, 0) is 58.4 Å². The van der Waals surface area contributed by atoms with Crippen LogP contribution in [0.5, 0.6) is 5.75 Å². The average molecular weight is 436 g/mol. The van der Waals surface area contributed by atoms with Crippen LogP contribution in [0.25, 0.3) is 11.0 Å². The fourth-order valence-electron chi connectivity index (χ4n) is 4.54. The van der Waals surface area contributed by atoms with Crippen molar-refractivity contribution in [2.75, 3.05) is 13.2 Å². The number of ether oxygens (including phenoxy) is 1. The number of imidazole rings is 1. The zero-order chi connectivity index (χ0) is 23.0. The zero-order valence-electron chi connectivity index (χ0n) is 19.6. The van der Waals surface area contributed by atoms with E-state index < -0.39 is 6.10 Å². The maximum atomic E-state index is 12.7. The summed E-state index contributed by atoms with van der Waals surface area (Å²) < 4.78 is 7.98. The molecule has 0 bridgehead atoms. The molecule has 1 aromatic heterocycles. The molecule has 4 rings (SSSR count). The normalized spacial score (nSPS) is 17.9. The van der Waals surface area contributed by atoms with E-state index in [1.54, 1.807) is 0 Å². The van der Waals surface area contributed by atoms with E-state index in [4.69, 9.17) is 9.72 Å². The number of aliphatic hydroxyl groups is 1. The lowest BCUT2D eigenvalue weighted by Gasteiger charge is -2.32. The minimum Gasteiger partial charge on any atom is -0.491 e. The van der Waals surface area contributed by atoms with Gasteiger partial charge in [0, 0.05) is 24.4 Å². The first-order chi connectivity index (χ1) is 15.1. The third kappa shape index (κ3) is 4.51. The second kappa shape index (κ2) is 8.58. The number of carbonyl (C=O) groups is 1. The number of hydrogen-bond donors (Lipinski definition) is 1.